The summed E-state index contributed by atoms with van der Waals surface area (Å²) in [5.74, 6) is -0.271. The number of thioether (sulfide) groups is 1. The van der Waals surface area contributed by atoms with Crippen LogP contribution in [0, 0.1) is 0 Å². The Morgan fingerprint density at radius 3 is 2.62 bits per heavy atom. The van der Waals surface area contributed by atoms with Crippen LogP contribution in [0.1, 0.15) is 50.9 Å². The molecule has 0 saturated carbocycles. The fourth-order valence-electron chi connectivity index (χ4n) is 3.91. The van der Waals surface area contributed by atoms with E-state index in [9.17, 15) is 14.4 Å². The summed E-state index contributed by atoms with van der Waals surface area (Å²) in [6.07, 6.45) is 3.79. The van der Waals surface area contributed by atoms with E-state index in [1.165, 1.54) is 37.3 Å². The van der Waals surface area contributed by atoms with Gasteiger partial charge in [-0.25, -0.2) is 4.79 Å². The highest BCUT2D eigenvalue weighted by Crippen LogP contribution is 2.39. The summed E-state index contributed by atoms with van der Waals surface area (Å²) in [5, 5.41) is 14.4. The molecular weight excluding hydrogens is 536 g/mol. The topological polar surface area (TPSA) is 129 Å². The molecule has 196 valence electrons. The van der Waals surface area contributed by atoms with E-state index in [0.29, 0.717) is 32.0 Å². The van der Waals surface area contributed by atoms with Gasteiger partial charge < -0.3 is 19.5 Å². The van der Waals surface area contributed by atoms with Crippen molar-refractivity contribution in [2.45, 2.75) is 36.9 Å². The molecule has 10 nitrogen and oxygen atoms in total. The minimum absolute atomic E-state index is 0.0666. The van der Waals surface area contributed by atoms with Gasteiger partial charge in [0.1, 0.15) is 5.00 Å². The molecule has 0 spiro atoms. The summed E-state index contributed by atoms with van der Waals surface area (Å²) in [5.41, 5.74) is 1.77. The Morgan fingerprint density at radius 1 is 1.05 bits per heavy atom. The van der Waals surface area contributed by atoms with Crippen molar-refractivity contribution in [1.82, 2.24) is 10.2 Å². The summed E-state index contributed by atoms with van der Waals surface area (Å²) in [6, 6.07) is 5.00. The quantitative estimate of drug-likeness (QED) is 0.206. The number of fused-ring (bicyclic) bond motifs is 1. The summed E-state index contributed by atoms with van der Waals surface area (Å²) < 4.78 is 16.3. The number of para-hydroxylation sites is 1. The predicted octanol–water partition coefficient (Wildman–Crippen LogP) is 4.66. The van der Waals surface area contributed by atoms with Gasteiger partial charge in [-0.05, 0) is 50.3 Å². The molecule has 2 N–H and O–H groups in total. The molecule has 1 aromatic carbocycles. The van der Waals surface area contributed by atoms with Gasteiger partial charge in [-0.3, -0.25) is 14.9 Å². The van der Waals surface area contributed by atoms with Crippen molar-refractivity contribution >= 4 is 62.4 Å². The van der Waals surface area contributed by atoms with Gasteiger partial charge in [0.2, 0.25) is 11.0 Å². The number of ether oxygens (including phenoxy) is 3. The molecule has 3 aromatic rings. The van der Waals surface area contributed by atoms with E-state index in [1.54, 1.807) is 25.1 Å². The lowest BCUT2D eigenvalue weighted by Crippen LogP contribution is -2.17. The number of benzene rings is 1. The number of aromatic nitrogens is 2. The summed E-state index contributed by atoms with van der Waals surface area (Å²) in [6.45, 7) is 2.03. The maximum atomic E-state index is 12.7. The zero-order chi connectivity index (χ0) is 26.4. The van der Waals surface area contributed by atoms with Gasteiger partial charge in [-0.1, -0.05) is 29.2 Å². The number of rotatable bonds is 10. The summed E-state index contributed by atoms with van der Waals surface area (Å²) >= 11 is 3.79. The molecule has 0 unspecified atom stereocenters. The Hall–Kier alpha value is -3.16. The van der Waals surface area contributed by atoms with Crippen molar-refractivity contribution in [3.05, 3.63) is 39.8 Å². The second-order valence-corrected chi connectivity index (χ2v) is 11.1. The van der Waals surface area contributed by atoms with Crippen molar-refractivity contribution in [2.75, 3.05) is 37.2 Å². The number of methoxy groups -OCH3 is 2. The van der Waals surface area contributed by atoms with Gasteiger partial charge >= 0.3 is 5.97 Å². The maximum absolute atomic E-state index is 12.7. The minimum Gasteiger partial charge on any atom is -0.493 e. The van der Waals surface area contributed by atoms with Crippen LogP contribution < -0.4 is 20.1 Å². The molecule has 0 saturated heterocycles. The second-order valence-electron chi connectivity index (χ2n) is 7.84. The average molecular weight is 563 g/mol. The number of thiophene rings is 1. The molecule has 0 bridgehead atoms. The van der Waals surface area contributed by atoms with Crippen LogP contribution in [-0.2, 0) is 22.4 Å². The van der Waals surface area contributed by atoms with E-state index >= 15 is 0 Å². The van der Waals surface area contributed by atoms with Crippen LogP contribution in [-0.4, -0.2) is 54.6 Å². The molecule has 13 heteroatoms. The highest BCUT2D eigenvalue weighted by Gasteiger charge is 2.27. The minimum atomic E-state index is -0.422. The molecule has 1 aliphatic carbocycles. The summed E-state index contributed by atoms with van der Waals surface area (Å²) in [7, 11) is 2.95. The van der Waals surface area contributed by atoms with E-state index in [-0.39, 0.29) is 23.4 Å². The van der Waals surface area contributed by atoms with Gasteiger partial charge in [-0.2, -0.15) is 0 Å². The number of aryl methyl sites for hydroxylation is 1. The number of esters is 1. The molecule has 2 aromatic heterocycles. The van der Waals surface area contributed by atoms with Crippen LogP contribution in [0.2, 0.25) is 0 Å². The zero-order valence-electron chi connectivity index (χ0n) is 20.5. The molecule has 2 heterocycles. The monoisotopic (exact) mass is 562 g/mol. The molecule has 0 aliphatic heterocycles. The van der Waals surface area contributed by atoms with Crippen LogP contribution in [0.4, 0.5) is 10.1 Å². The van der Waals surface area contributed by atoms with Gasteiger partial charge in [-0.15, -0.1) is 21.5 Å². The van der Waals surface area contributed by atoms with Crippen molar-refractivity contribution in [3.8, 4) is 11.5 Å². The fraction of sp³-hybridized carbons (Fsp3) is 0.375. The standard InChI is InChI=1S/C24H26N4O6S3/c1-4-34-22(31)18-13-8-5-6-11-16(13)36-21(18)25-17(29)12-35-24-28-27-23(37-24)26-20(30)14-9-7-10-15(32-2)19(14)33-3/h7,9-10H,4-6,8,11-12H2,1-3H3,(H,25,29)(H,26,27,30). The molecule has 0 radical (unpaired) electrons. The maximum Gasteiger partial charge on any atom is 0.341 e. The zero-order valence-corrected chi connectivity index (χ0v) is 23.0. The summed E-state index contributed by atoms with van der Waals surface area (Å²) in [4.78, 5) is 39.2. The van der Waals surface area contributed by atoms with Gasteiger partial charge in [0.15, 0.2) is 15.8 Å². The largest absolute Gasteiger partial charge is 0.493 e. The number of nitrogens with one attached hydrogen (secondary N) is 2. The fourth-order valence-corrected chi connectivity index (χ4v) is 6.75. The van der Waals surface area contributed by atoms with Crippen molar-refractivity contribution < 1.29 is 28.6 Å². The molecular formula is C24H26N4O6S3. The molecule has 4 rings (SSSR count). The predicted molar refractivity (Wildman–Crippen MR) is 144 cm³/mol. The molecule has 1 aliphatic rings. The lowest BCUT2D eigenvalue weighted by Gasteiger charge is -2.12. The van der Waals surface area contributed by atoms with Crippen molar-refractivity contribution in [3.63, 3.8) is 0 Å². The van der Waals surface area contributed by atoms with E-state index in [4.69, 9.17) is 14.2 Å². The van der Waals surface area contributed by atoms with E-state index in [2.05, 4.69) is 20.8 Å². The Kier molecular flexibility index (Phi) is 9.00. The van der Waals surface area contributed by atoms with Crippen molar-refractivity contribution in [2.24, 2.45) is 0 Å². The number of carbonyl (C=O) groups excluding carboxylic acids is 3. The average Bonchev–Trinajstić information content (AvgIpc) is 3.50. The van der Waals surface area contributed by atoms with Crippen LogP contribution in [0.5, 0.6) is 11.5 Å². The number of anilines is 2. The Bertz CT molecular complexity index is 1310. The molecule has 0 atom stereocenters. The third-order valence-corrected chi connectivity index (χ3v) is 8.68. The smallest absolute Gasteiger partial charge is 0.341 e. The van der Waals surface area contributed by atoms with Crippen LogP contribution >= 0.6 is 34.4 Å². The second kappa shape index (κ2) is 12.4. The highest BCUT2D eigenvalue weighted by molar-refractivity contribution is 8.01. The molecule has 37 heavy (non-hydrogen) atoms. The van der Waals surface area contributed by atoms with Gasteiger partial charge in [0.25, 0.3) is 5.91 Å². The first-order valence-corrected chi connectivity index (χ1v) is 14.2. The Balaban J connectivity index is 1.38. The highest BCUT2D eigenvalue weighted by atomic mass is 32.2. The van der Waals surface area contributed by atoms with Crippen molar-refractivity contribution in [1.29, 1.82) is 0 Å². The molecule has 2 amide bonds. The van der Waals surface area contributed by atoms with E-state index in [1.807, 2.05) is 0 Å². The normalized spacial score (nSPS) is 12.4. The first-order chi connectivity index (χ1) is 17.9. The van der Waals surface area contributed by atoms with E-state index < -0.39 is 11.9 Å². The SMILES string of the molecule is CCOC(=O)c1c(NC(=O)CSc2nnc(NC(=O)c3cccc(OC)c3OC)s2)sc2c1CCCC2. The van der Waals surface area contributed by atoms with Crippen LogP contribution in [0.25, 0.3) is 0 Å². The Labute approximate surface area is 226 Å². The lowest BCUT2D eigenvalue weighted by molar-refractivity contribution is -0.113. The first-order valence-electron chi connectivity index (χ1n) is 11.5. The van der Waals surface area contributed by atoms with E-state index in [0.717, 1.165) is 47.5 Å². The lowest BCUT2D eigenvalue weighted by atomic mass is 9.95. The third-order valence-electron chi connectivity index (χ3n) is 5.51. The number of hydrogen-bond acceptors (Lipinski definition) is 11. The number of nitrogens with zero attached hydrogens (tertiary/aromatic N) is 2. The number of amides is 2. The number of hydrogen-bond donors (Lipinski definition) is 2. The van der Waals surface area contributed by atoms with Gasteiger partial charge in [0, 0.05) is 4.88 Å². The first kappa shape index (κ1) is 26.9. The van der Waals surface area contributed by atoms with Crippen LogP contribution in [0.15, 0.2) is 22.5 Å². The third kappa shape index (κ3) is 6.22. The Morgan fingerprint density at radius 2 is 1.86 bits per heavy atom. The van der Waals surface area contributed by atoms with Gasteiger partial charge in [0.05, 0.1) is 37.7 Å². The van der Waals surface area contributed by atoms with Crippen LogP contribution in [0.3, 0.4) is 0 Å². The molecule has 0 fully saturated rings. The number of carbonyl (C=O) groups is 3.